The molecule has 5 fully saturated rings. The number of aromatic nitrogens is 8. The number of carbonyl (C=O) groups is 9. The molecule has 7 atom stereocenters. The summed E-state index contributed by atoms with van der Waals surface area (Å²) in [6.45, 7) is 19.8. The molecular formula is C112H141BCl4I2N8O18. The lowest BCUT2D eigenvalue weighted by Crippen LogP contribution is -2.41. The summed E-state index contributed by atoms with van der Waals surface area (Å²) in [4.78, 5) is 114. The maximum absolute atomic E-state index is 13.9. The Kier molecular flexibility index (Phi) is 38.0. The van der Waals surface area contributed by atoms with E-state index in [1.165, 1.54) is 21.2 Å². The Bertz CT molecular complexity index is 6300. The van der Waals surface area contributed by atoms with Gasteiger partial charge in [0, 0.05) is 48.3 Å². The van der Waals surface area contributed by atoms with Gasteiger partial charge in [-0.2, -0.15) is 39.1 Å². The summed E-state index contributed by atoms with van der Waals surface area (Å²) in [6, 6.07) is 22.5. The number of allylic oxidation sites excluding steroid dienone is 6. The average molecular weight is 2290 g/mol. The monoisotopic (exact) mass is 2290 g/mol. The Morgan fingerprint density at radius 3 is 1.01 bits per heavy atom. The molecule has 0 amide bonds. The van der Waals surface area contributed by atoms with Gasteiger partial charge >= 0.3 is 37.0 Å². The van der Waals surface area contributed by atoms with Crippen LogP contribution in [0.3, 0.4) is 0 Å². The van der Waals surface area contributed by atoms with Crippen LogP contribution in [0.2, 0.25) is 20.1 Å². The van der Waals surface area contributed by atoms with E-state index in [9.17, 15) is 63.6 Å². The predicted octanol–water partition coefficient (Wildman–Crippen LogP) is 24.3. The Morgan fingerprint density at radius 1 is 0.400 bits per heavy atom. The van der Waals surface area contributed by atoms with Gasteiger partial charge in [-0.25, -0.2) is 0 Å². The quantitative estimate of drug-likeness (QED) is 0.0268. The number of hydrogen-bond donors (Lipinski definition) is 4. The van der Waals surface area contributed by atoms with Gasteiger partial charge in [0.05, 0.1) is 124 Å². The summed E-state index contributed by atoms with van der Waals surface area (Å²) in [5.74, 6) is -2.45. The van der Waals surface area contributed by atoms with Gasteiger partial charge in [-0.15, -0.1) is 0 Å². The normalized spacial score (nSPS) is 21.5. The van der Waals surface area contributed by atoms with Crippen molar-refractivity contribution in [2.75, 3.05) is 20.3 Å². The average Bonchev–Trinajstić information content (AvgIpc) is 1.81. The number of carbonyl (C=O) groups excluding carboxylic acids is 7. The number of esters is 3. The number of halogens is 6. The number of aliphatic hydroxyl groups excluding tert-OH is 2. The molecule has 7 unspecified atom stereocenters. The van der Waals surface area contributed by atoms with Gasteiger partial charge in [0.1, 0.15) is 18.6 Å². The van der Waals surface area contributed by atoms with Crippen molar-refractivity contribution >= 4 is 163 Å². The number of aliphatic hydroxyl groups is 2. The molecule has 782 valence electrons. The van der Waals surface area contributed by atoms with E-state index in [0.717, 1.165) is 205 Å². The number of methoxy groups -OCH3 is 1. The van der Waals surface area contributed by atoms with Crippen molar-refractivity contribution < 1.29 is 87.1 Å². The Morgan fingerprint density at radius 2 is 0.703 bits per heavy atom. The maximum Gasteiger partial charge on any atom is 0.490 e. The van der Waals surface area contributed by atoms with E-state index in [0.29, 0.717) is 149 Å². The van der Waals surface area contributed by atoms with E-state index >= 15 is 0 Å². The van der Waals surface area contributed by atoms with E-state index in [1.54, 1.807) is 28.9 Å². The number of aliphatic carboxylic acids is 2. The third kappa shape index (κ3) is 26.0. The number of hydrogen-bond acceptors (Lipinski definition) is 20. The Balaban J connectivity index is 0.000000162. The minimum atomic E-state index is -0.822. The lowest BCUT2D eigenvalue weighted by Gasteiger charge is -2.32. The zero-order chi connectivity index (χ0) is 101. The second-order valence-corrected chi connectivity index (χ2v) is 46.4. The molecule has 0 radical (unpaired) electrons. The van der Waals surface area contributed by atoms with Crippen LogP contribution in [0.15, 0.2) is 96.5 Å². The standard InChI is InChI=1S/C29H35ClN2O4.C25H27ClN2O4.C19H18ClIN2O3.C18H16ClIN2O3.C17H29BO4.4CH4/c1-29(2,3)36-28(35)20-12-10-19(11-13-20)26-22-14-7-17(16-33)15-24(22)32(31-26)27(34)25-21(18-8-9-18)5-4-6-23(25)30;26-20-3-1-2-18(15-5-6-15)22(20)24(30)28-21-12-14(13-29)4-11-19(21)23(27-28)16-7-9-17(10-8-16)25(31)32;1-26-19(25)11-7-8-13-15(9-11)23(22-17(13)21)18(24)16-12(10-5-6-10)3-2-4-14(16)20;19-13-3-1-2-11(9-4-5-9)15(13)17(23)22-14-8-10(18(24)25)6-7-12(14)16(20)21-22;1-15(2,3)20-14(19)12-8-10-13(11-9-12)18-21-16(4,5)17(6,7)22-18;;;;/h4-6,10,17-18,20,33H,7-9,11-16H2,1-3H3;1-3,7,14-15,17,29H,4-6,8-13H2,(H,31,32);2-4,10-11H,5-9H2,1H3;1-3,9-10H,4-8H2,(H,24,25);10,12H,8-9,11H2,1-7H3;4*1H4. The number of nitrogens with zero attached hydrogens (tertiary/aromatic N) is 8. The van der Waals surface area contributed by atoms with Crippen molar-refractivity contribution in [3.05, 3.63) is 225 Å². The van der Waals surface area contributed by atoms with Crippen LogP contribution in [0.5, 0.6) is 0 Å². The van der Waals surface area contributed by atoms with Gasteiger partial charge < -0.3 is 43.9 Å². The molecule has 1 saturated heterocycles. The lowest BCUT2D eigenvalue weighted by atomic mass is 9.70. The van der Waals surface area contributed by atoms with E-state index in [1.807, 2.05) is 96.1 Å². The topological polar surface area (TPSA) is 352 Å². The van der Waals surface area contributed by atoms with Gasteiger partial charge in [0.25, 0.3) is 23.6 Å². The van der Waals surface area contributed by atoms with Gasteiger partial charge in [-0.1, -0.05) is 143 Å². The van der Waals surface area contributed by atoms with Crippen molar-refractivity contribution in [1.29, 1.82) is 0 Å². The van der Waals surface area contributed by atoms with Gasteiger partial charge in [-0.05, 0) is 386 Å². The Hall–Kier alpha value is -8.51. The molecule has 0 spiro atoms. The molecule has 4 saturated carbocycles. The van der Waals surface area contributed by atoms with Gasteiger partial charge in [0.15, 0.2) is 0 Å². The number of rotatable bonds is 18. The zero-order valence-electron chi connectivity index (χ0n) is 81.9. The largest absolute Gasteiger partial charge is 0.490 e. The first kappa shape index (κ1) is 115. The number of ether oxygens (including phenoxy) is 3. The van der Waals surface area contributed by atoms with E-state index in [-0.39, 0.29) is 138 Å². The fraction of sp³-hybridized carbons (Fsp3) is 0.545. The molecule has 26 nitrogen and oxygen atoms in total. The summed E-state index contributed by atoms with van der Waals surface area (Å²) in [6.07, 6.45) is 28.7. The summed E-state index contributed by atoms with van der Waals surface area (Å²) in [5.41, 5.74) is 16.9. The second-order valence-electron chi connectivity index (χ2n) is 42.7. The summed E-state index contributed by atoms with van der Waals surface area (Å²) >= 11 is 30.1. The molecule has 11 aliphatic carbocycles. The number of benzene rings is 4. The first-order chi connectivity index (χ1) is 67.0. The van der Waals surface area contributed by atoms with Crippen molar-refractivity contribution in [3.63, 3.8) is 0 Å². The van der Waals surface area contributed by atoms with Crippen LogP contribution in [0.4, 0.5) is 0 Å². The van der Waals surface area contributed by atoms with Crippen molar-refractivity contribution in [2.45, 2.75) is 331 Å². The van der Waals surface area contributed by atoms with Crippen LogP contribution in [0.1, 0.15) is 378 Å². The number of carboxylic acids is 2. The summed E-state index contributed by atoms with van der Waals surface area (Å²) in [5, 5.41) is 58.7. The van der Waals surface area contributed by atoms with Crippen LogP contribution in [-0.2, 0) is 98.9 Å². The summed E-state index contributed by atoms with van der Waals surface area (Å²) < 4.78 is 35.6. The van der Waals surface area contributed by atoms with E-state index in [4.69, 9.17) is 80.1 Å². The Labute approximate surface area is 900 Å². The second kappa shape index (κ2) is 47.8. The van der Waals surface area contributed by atoms with Crippen LogP contribution in [0.25, 0.3) is 11.1 Å². The van der Waals surface area contributed by atoms with Crippen molar-refractivity contribution in [3.8, 4) is 0 Å². The zero-order valence-corrected chi connectivity index (χ0v) is 89.2. The molecule has 1 aliphatic heterocycles. The highest BCUT2D eigenvalue weighted by molar-refractivity contribution is 14.1. The summed E-state index contributed by atoms with van der Waals surface area (Å²) in [7, 11) is 1.11. The third-order valence-corrected chi connectivity index (χ3v) is 32.7. The molecule has 5 heterocycles. The van der Waals surface area contributed by atoms with Gasteiger partial charge in [-0.3, -0.25) is 43.2 Å². The maximum atomic E-state index is 13.9. The third-order valence-electron chi connectivity index (χ3n) is 29.7. The van der Waals surface area contributed by atoms with Gasteiger partial charge in [0.2, 0.25) is 0 Å². The van der Waals surface area contributed by atoms with Crippen molar-refractivity contribution in [1.82, 2.24) is 39.1 Å². The molecule has 8 aromatic rings. The molecule has 4 aromatic heterocycles. The molecule has 0 bridgehead atoms. The first-order valence-electron chi connectivity index (χ1n) is 49.7. The highest BCUT2D eigenvalue weighted by Crippen LogP contribution is 2.51. The number of carboxylic acid groups (broad SMARTS) is 2. The molecule has 33 heteroatoms. The van der Waals surface area contributed by atoms with E-state index < -0.39 is 29.1 Å². The molecular weight excluding hydrogens is 2150 g/mol. The molecule has 4 aromatic carbocycles. The predicted molar refractivity (Wildman–Crippen MR) is 581 cm³/mol. The van der Waals surface area contributed by atoms with Crippen LogP contribution >= 0.6 is 91.6 Å². The fourth-order valence-corrected chi connectivity index (χ4v) is 23.2. The molecule has 145 heavy (non-hydrogen) atoms. The smallest absolute Gasteiger partial charge is 0.481 e. The lowest BCUT2D eigenvalue weighted by molar-refractivity contribution is -0.161. The fourth-order valence-electron chi connectivity index (χ4n) is 20.6. The molecule has 12 aliphatic rings. The first-order valence-corrected chi connectivity index (χ1v) is 53.4. The van der Waals surface area contributed by atoms with Crippen LogP contribution in [-0.4, -0.2) is 163 Å². The SMILES string of the molecule is C.C.C.C.CC(C)(C)OC(=O)C1CC=C(B2OC(C)(C)C(C)(C)O2)CC1.CC(C)(C)OC(=O)C1CC=C(c2nn(C(=O)c3c(Cl)cccc3C3CC3)c3c2CCC(CO)C3)CC1.COC(=O)C1CCc2c(I)nn(C(=O)c3c(Cl)cccc3C3CC3)c2C1.O=C(O)C1CC=C(c2nn(C(=O)c3c(Cl)cccc3C3CC3)c3c2CCC(CO)C3)CC1.O=C(O)C1CCc2c(I)nn(C(=O)c3c(Cl)cccc3C3CC3)c2C1. The minimum absolute atomic E-state index is 0. The number of fused-ring (bicyclic) bond motifs is 4. The van der Waals surface area contributed by atoms with Crippen molar-refractivity contribution in [2.24, 2.45) is 41.4 Å². The minimum Gasteiger partial charge on any atom is -0.481 e. The highest BCUT2D eigenvalue weighted by Gasteiger charge is 2.53. The highest BCUT2D eigenvalue weighted by atomic mass is 127. The van der Waals surface area contributed by atoms with E-state index in [2.05, 4.69) is 95.2 Å². The molecule has 20 rings (SSSR count). The molecule has 4 N–H and O–H groups in total. The van der Waals surface area contributed by atoms with Crippen LogP contribution < -0.4 is 0 Å². The van der Waals surface area contributed by atoms with Crippen LogP contribution in [0, 0.1) is 48.8 Å².